The molecule has 0 spiro atoms. The molecule has 3 rings (SSSR count). The lowest BCUT2D eigenvalue weighted by Crippen LogP contribution is -2.46. The molecule has 0 aliphatic heterocycles. The van der Waals surface area contributed by atoms with Crippen LogP contribution in [0.4, 0.5) is 0 Å². The molecule has 1 aliphatic rings. The van der Waals surface area contributed by atoms with Gasteiger partial charge in [-0.3, -0.25) is 4.79 Å². The van der Waals surface area contributed by atoms with Crippen LogP contribution in [0.2, 0.25) is 6.04 Å². The van der Waals surface area contributed by atoms with Gasteiger partial charge in [-0.1, -0.05) is 78.9 Å². The highest BCUT2D eigenvalue weighted by Crippen LogP contribution is 2.50. The van der Waals surface area contributed by atoms with Crippen molar-refractivity contribution in [3.63, 3.8) is 0 Å². The third-order valence-corrected chi connectivity index (χ3v) is 13.4. The fourth-order valence-electron chi connectivity index (χ4n) is 5.46. The Morgan fingerprint density at radius 3 is 2.02 bits per heavy atom. The number of unbranched alkanes of at least 4 members (excludes halogenated alkanes) is 1. The quantitative estimate of drug-likeness (QED) is 0.109. The van der Waals surface area contributed by atoms with Crippen LogP contribution in [0, 0.1) is 5.92 Å². The van der Waals surface area contributed by atoms with E-state index in [2.05, 4.69) is 103 Å². The highest BCUT2D eigenvalue weighted by molar-refractivity contribution is 7.76. The molecule has 1 N–H and O–H groups in total. The van der Waals surface area contributed by atoms with E-state index in [1.165, 1.54) is 15.9 Å². The molecule has 1 aliphatic carbocycles. The predicted octanol–water partition coefficient (Wildman–Crippen LogP) is 6.23. The summed E-state index contributed by atoms with van der Waals surface area (Å²) >= 11 is 0. The van der Waals surface area contributed by atoms with E-state index in [0.717, 1.165) is 25.8 Å². The first-order chi connectivity index (χ1) is 20.4. The molecule has 2 atom stereocenters. The molecule has 0 aromatic heterocycles. The number of carbonyl (C=O) groups excluding carboxylic acids is 1. The summed E-state index contributed by atoms with van der Waals surface area (Å²) in [5.74, 6) is 0.480. The van der Waals surface area contributed by atoms with Crippen molar-refractivity contribution in [3.05, 3.63) is 84.2 Å². The molecular formula is C34H51N2O4PSi. The summed E-state index contributed by atoms with van der Waals surface area (Å²) in [5, 5.41) is 7.36. The first-order valence-corrected chi connectivity index (χ1v) is 18.9. The van der Waals surface area contributed by atoms with Gasteiger partial charge >= 0.3 is 8.80 Å². The van der Waals surface area contributed by atoms with Gasteiger partial charge in [-0.15, -0.1) is 0 Å². The van der Waals surface area contributed by atoms with E-state index in [4.69, 9.17) is 13.3 Å². The van der Waals surface area contributed by atoms with Crippen LogP contribution in [-0.2, 0) is 18.1 Å². The minimum Gasteiger partial charge on any atom is -0.374 e. The molecule has 0 fully saturated rings. The molecule has 0 saturated carbocycles. The second kappa shape index (κ2) is 18.5. The standard InChI is InChI=1S/C34H51N2O4PSi/c1-6-38-42(39-7-2,40-8-3)28-18-26-35-34(37)25-15-16-27-36(5)29(4)32-23-17-24-33(32)41(30-19-11-9-12-20-30)31-21-13-10-14-22-31/h9-14,17,19-24,29,32H,6-8,15-16,18,25-28H2,1-5H3,(H,35,37). The number of nitrogens with zero attached hydrogens (tertiary/aromatic N) is 1. The van der Waals surface area contributed by atoms with Gasteiger partial charge in [0, 0.05) is 50.8 Å². The monoisotopic (exact) mass is 610 g/mol. The topological polar surface area (TPSA) is 60.0 Å². The smallest absolute Gasteiger partial charge is 0.374 e. The number of nitrogens with one attached hydrogen (secondary N) is 1. The molecule has 0 heterocycles. The molecule has 0 saturated heterocycles. The fraction of sp³-hybridized carbons (Fsp3) is 0.500. The average molecular weight is 611 g/mol. The van der Waals surface area contributed by atoms with Crippen LogP contribution in [0.15, 0.2) is 84.2 Å². The van der Waals surface area contributed by atoms with Crippen molar-refractivity contribution in [2.24, 2.45) is 5.92 Å². The van der Waals surface area contributed by atoms with Crippen molar-refractivity contribution in [2.75, 3.05) is 40.0 Å². The Hall–Kier alpha value is -2.12. The summed E-state index contributed by atoms with van der Waals surface area (Å²) in [4.78, 5) is 15.0. The van der Waals surface area contributed by atoms with Crippen LogP contribution in [0.5, 0.6) is 0 Å². The molecule has 2 aromatic rings. The molecule has 42 heavy (non-hydrogen) atoms. The molecule has 230 valence electrons. The molecule has 2 unspecified atom stereocenters. The Morgan fingerprint density at radius 2 is 1.48 bits per heavy atom. The van der Waals surface area contributed by atoms with Gasteiger partial charge in [-0.05, 0) is 84.4 Å². The van der Waals surface area contributed by atoms with Gasteiger partial charge in [-0.2, -0.15) is 0 Å². The second-order valence-corrected chi connectivity index (χ2v) is 15.6. The van der Waals surface area contributed by atoms with Crippen LogP contribution in [0.1, 0.15) is 53.4 Å². The Balaban J connectivity index is 1.45. The van der Waals surface area contributed by atoms with Crippen LogP contribution in [-0.4, -0.2) is 65.6 Å². The summed E-state index contributed by atoms with van der Waals surface area (Å²) in [7, 11) is -1.03. The number of hydrogen-bond donors (Lipinski definition) is 1. The van der Waals surface area contributed by atoms with Gasteiger partial charge in [0.1, 0.15) is 0 Å². The van der Waals surface area contributed by atoms with Crippen molar-refractivity contribution in [3.8, 4) is 0 Å². The maximum Gasteiger partial charge on any atom is 0.500 e. The Bertz CT molecular complexity index is 1060. The first kappa shape index (κ1) is 34.4. The average Bonchev–Trinajstić information content (AvgIpc) is 3.48. The minimum absolute atomic E-state index is 0.113. The van der Waals surface area contributed by atoms with Crippen molar-refractivity contribution in [2.45, 2.75) is 65.5 Å². The van der Waals surface area contributed by atoms with Crippen LogP contribution in [0.25, 0.3) is 0 Å². The fourth-order valence-corrected chi connectivity index (χ4v) is 10.7. The normalized spacial score (nSPS) is 15.8. The zero-order valence-electron chi connectivity index (χ0n) is 26.3. The third kappa shape index (κ3) is 10.3. The molecule has 0 radical (unpaired) electrons. The number of rotatable bonds is 20. The van der Waals surface area contributed by atoms with E-state index in [-0.39, 0.29) is 5.91 Å². The highest BCUT2D eigenvalue weighted by Gasteiger charge is 2.39. The number of amides is 1. The molecule has 6 nitrogen and oxygen atoms in total. The third-order valence-electron chi connectivity index (χ3n) is 7.67. The van der Waals surface area contributed by atoms with E-state index in [0.29, 0.717) is 50.8 Å². The van der Waals surface area contributed by atoms with Crippen molar-refractivity contribution < 1.29 is 18.1 Å². The Labute approximate surface area is 256 Å². The molecule has 2 aromatic carbocycles. The van der Waals surface area contributed by atoms with Gasteiger partial charge in [0.2, 0.25) is 5.91 Å². The summed E-state index contributed by atoms with van der Waals surface area (Å²) in [5.41, 5.74) is 0. The van der Waals surface area contributed by atoms with E-state index < -0.39 is 16.7 Å². The Morgan fingerprint density at radius 1 is 0.905 bits per heavy atom. The number of allylic oxidation sites excluding steroid dienone is 2. The summed E-state index contributed by atoms with van der Waals surface area (Å²) < 4.78 is 17.7. The number of benzene rings is 2. The lowest BCUT2D eigenvalue weighted by Gasteiger charge is -2.34. The summed E-state index contributed by atoms with van der Waals surface area (Å²) in [6.45, 7) is 11.5. The van der Waals surface area contributed by atoms with Gasteiger partial charge in [0.15, 0.2) is 0 Å². The maximum absolute atomic E-state index is 12.5. The zero-order chi connectivity index (χ0) is 30.2. The second-order valence-electron chi connectivity index (χ2n) is 10.6. The van der Waals surface area contributed by atoms with E-state index in [1.54, 1.807) is 0 Å². The van der Waals surface area contributed by atoms with Gasteiger partial charge in [-0.25, -0.2) is 0 Å². The molecule has 0 bridgehead atoms. The van der Waals surface area contributed by atoms with Crippen LogP contribution >= 0.6 is 7.92 Å². The van der Waals surface area contributed by atoms with E-state index in [1.807, 2.05) is 20.8 Å². The van der Waals surface area contributed by atoms with Crippen molar-refractivity contribution >= 4 is 33.2 Å². The van der Waals surface area contributed by atoms with Gasteiger partial charge in [0.25, 0.3) is 0 Å². The minimum atomic E-state index is -2.65. The highest BCUT2D eigenvalue weighted by atomic mass is 31.1. The van der Waals surface area contributed by atoms with Crippen molar-refractivity contribution in [1.29, 1.82) is 0 Å². The number of carbonyl (C=O) groups is 1. The van der Waals surface area contributed by atoms with Gasteiger partial charge in [0.05, 0.1) is 0 Å². The van der Waals surface area contributed by atoms with E-state index in [9.17, 15) is 4.79 Å². The van der Waals surface area contributed by atoms with Gasteiger partial charge < -0.3 is 23.5 Å². The summed E-state index contributed by atoms with van der Waals surface area (Å²) in [6.07, 6.45) is 10.2. The maximum atomic E-state index is 12.5. The largest absolute Gasteiger partial charge is 0.500 e. The molecular weight excluding hydrogens is 559 g/mol. The van der Waals surface area contributed by atoms with E-state index >= 15 is 0 Å². The molecule has 1 amide bonds. The Kier molecular flexibility index (Phi) is 15.2. The SMILES string of the molecule is CCO[Si](CCCNC(=O)CCCCN(C)C(C)C1C=CC=C1P(c1ccccc1)c1ccccc1)(OCC)OCC. The van der Waals surface area contributed by atoms with Crippen LogP contribution in [0.3, 0.4) is 0 Å². The molecule has 8 heteroatoms. The zero-order valence-corrected chi connectivity index (χ0v) is 28.2. The lowest BCUT2D eigenvalue weighted by atomic mass is 10.0. The lowest BCUT2D eigenvalue weighted by molar-refractivity contribution is -0.121. The summed E-state index contributed by atoms with van der Waals surface area (Å²) in [6, 6.07) is 22.9. The number of hydrogen-bond acceptors (Lipinski definition) is 5. The van der Waals surface area contributed by atoms with Crippen molar-refractivity contribution in [1.82, 2.24) is 10.2 Å². The van der Waals surface area contributed by atoms with Crippen LogP contribution < -0.4 is 15.9 Å². The predicted molar refractivity (Wildman–Crippen MR) is 179 cm³/mol. The first-order valence-electron chi connectivity index (χ1n) is 15.6.